The quantitative estimate of drug-likeness (QED) is 0.401. The number of nitrogens with one attached hydrogen (secondary N) is 2. The van der Waals surface area contributed by atoms with Gasteiger partial charge in [0.05, 0.1) is 0 Å². The van der Waals surface area contributed by atoms with Crippen LogP contribution in [0.1, 0.15) is 37.3 Å². The Morgan fingerprint density at radius 3 is 3.04 bits per heavy atom. The van der Waals surface area contributed by atoms with E-state index in [1.165, 1.54) is 11.1 Å². The number of pyridine rings is 1. The Labute approximate surface area is 173 Å². The Morgan fingerprint density at radius 1 is 1.50 bits per heavy atom. The summed E-state index contributed by atoms with van der Waals surface area (Å²) in [5.41, 5.74) is 2.61. The van der Waals surface area contributed by atoms with E-state index in [1.807, 2.05) is 12.4 Å². The van der Waals surface area contributed by atoms with Gasteiger partial charge in [0, 0.05) is 57.0 Å². The standard InChI is InChI=1S/C19H29N5O.HI/c1-3-21-18(22-9-6-16-5-8-20-12-15(16)2)24-10-4-7-19(14-24)11-17(25)23-13-19;/h5,8,12H,3-4,6-7,9-11,13-14H2,1-2H3,(H,21,22)(H,23,25);1H. The van der Waals surface area contributed by atoms with Gasteiger partial charge in [-0.25, -0.2) is 0 Å². The van der Waals surface area contributed by atoms with Crippen LogP contribution in [0.25, 0.3) is 0 Å². The van der Waals surface area contributed by atoms with Crippen LogP contribution in [0.2, 0.25) is 0 Å². The molecular weight excluding hydrogens is 441 g/mol. The average Bonchev–Trinajstić information content (AvgIpc) is 2.95. The van der Waals surface area contributed by atoms with Crippen molar-refractivity contribution in [1.82, 2.24) is 20.5 Å². The largest absolute Gasteiger partial charge is 0.357 e. The van der Waals surface area contributed by atoms with Gasteiger partial charge in [-0.15, -0.1) is 24.0 Å². The minimum atomic E-state index is 0. The first kappa shape index (κ1) is 20.9. The highest BCUT2D eigenvalue weighted by Gasteiger charge is 2.42. The van der Waals surface area contributed by atoms with Crippen molar-refractivity contribution in [2.75, 3.05) is 32.7 Å². The molecular formula is C19H30IN5O. The van der Waals surface area contributed by atoms with Gasteiger partial charge >= 0.3 is 0 Å². The summed E-state index contributed by atoms with van der Waals surface area (Å²) in [6.07, 6.45) is 7.56. The summed E-state index contributed by atoms with van der Waals surface area (Å²) in [4.78, 5) is 23.0. The molecule has 0 bridgehead atoms. The molecule has 3 heterocycles. The van der Waals surface area contributed by atoms with E-state index in [2.05, 4.69) is 40.4 Å². The summed E-state index contributed by atoms with van der Waals surface area (Å²) in [5.74, 6) is 1.17. The van der Waals surface area contributed by atoms with Gasteiger partial charge in [-0.05, 0) is 50.3 Å². The van der Waals surface area contributed by atoms with Gasteiger partial charge in [0.2, 0.25) is 5.91 Å². The summed E-state index contributed by atoms with van der Waals surface area (Å²) in [7, 11) is 0. The lowest BCUT2D eigenvalue weighted by Crippen LogP contribution is -2.51. The van der Waals surface area contributed by atoms with Crippen LogP contribution in [0.4, 0.5) is 0 Å². The lowest BCUT2D eigenvalue weighted by molar-refractivity contribution is -0.119. The molecule has 2 fully saturated rings. The van der Waals surface area contributed by atoms with E-state index in [1.54, 1.807) is 0 Å². The second-order valence-electron chi connectivity index (χ2n) is 7.27. The first-order valence-electron chi connectivity index (χ1n) is 9.31. The molecule has 2 aliphatic heterocycles. The van der Waals surface area contributed by atoms with E-state index in [0.717, 1.165) is 57.9 Å². The molecule has 1 aromatic rings. The maximum absolute atomic E-state index is 11.7. The van der Waals surface area contributed by atoms with Crippen LogP contribution in [0.3, 0.4) is 0 Å². The van der Waals surface area contributed by atoms with Gasteiger partial charge in [-0.3, -0.25) is 14.8 Å². The normalized spacial score (nSPS) is 22.9. The van der Waals surface area contributed by atoms with Crippen LogP contribution in [-0.2, 0) is 11.2 Å². The molecule has 1 atom stereocenters. The molecule has 1 aromatic heterocycles. The third-order valence-corrected chi connectivity index (χ3v) is 5.27. The maximum Gasteiger partial charge on any atom is 0.220 e. The molecule has 1 unspecified atom stereocenters. The summed E-state index contributed by atoms with van der Waals surface area (Å²) in [6, 6.07) is 2.07. The number of rotatable bonds is 4. The summed E-state index contributed by atoms with van der Waals surface area (Å²) >= 11 is 0. The van der Waals surface area contributed by atoms with Crippen molar-refractivity contribution in [1.29, 1.82) is 0 Å². The minimum Gasteiger partial charge on any atom is -0.357 e. The van der Waals surface area contributed by atoms with Crippen molar-refractivity contribution in [3.05, 3.63) is 29.6 Å². The van der Waals surface area contributed by atoms with Crippen molar-refractivity contribution >= 4 is 35.8 Å². The molecule has 2 saturated heterocycles. The maximum atomic E-state index is 11.7. The van der Waals surface area contributed by atoms with Gasteiger partial charge in [-0.2, -0.15) is 0 Å². The zero-order valence-electron chi connectivity index (χ0n) is 15.8. The summed E-state index contributed by atoms with van der Waals surface area (Å²) in [6.45, 7) is 8.53. The molecule has 26 heavy (non-hydrogen) atoms. The van der Waals surface area contributed by atoms with E-state index in [9.17, 15) is 4.79 Å². The van der Waals surface area contributed by atoms with E-state index in [0.29, 0.717) is 6.42 Å². The van der Waals surface area contributed by atoms with E-state index in [4.69, 9.17) is 4.99 Å². The number of hydrogen-bond acceptors (Lipinski definition) is 3. The molecule has 0 aromatic carbocycles. The SMILES string of the molecule is CCNC(=NCCc1ccncc1C)N1CCCC2(CNC(=O)C2)C1.I. The molecule has 0 aliphatic carbocycles. The van der Waals surface area contributed by atoms with Crippen LogP contribution >= 0.6 is 24.0 Å². The molecule has 1 spiro atoms. The molecule has 2 aliphatic rings. The topological polar surface area (TPSA) is 69.6 Å². The number of aromatic nitrogens is 1. The second kappa shape index (κ2) is 9.53. The predicted molar refractivity (Wildman–Crippen MR) is 115 cm³/mol. The molecule has 0 saturated carbocycles. The fourth-order valence-corrected chi connectivity index (χ4v) is 3.92. The van der Waals surface area contributed by atoms with Crippen LogP contribution in [0.15, 0.2) is 23.5 Å². The summed E-state index contributed by atoms with van der Waals surface area (Å²) in [5, 5.41) is 6.44. The van der Waals surface area contributed by atoms with Crippen molar-refractivity contribution < 1.29 is 4.79 Å². The Bertz CT molecular complexity index is 651. The van der Waals surface area contributed by atoms with Gasteiger partial charge in [0.25, 0.3) is 0 Å². The third kappa shape index (κ3) is 5.08. The molecule has 3 rings (SSSR count). The first-order chi connectivity index (χ1) is 12.1. The number of piperidine rings is 1. The van der Waals surface area contributed by atoms with Crippen molar-refractivity contribution in [2.24, 2.45) is 10.4 Å². The fourth-order valence-electron chi connectivity index (χ4n) is 3.92. The van der Waals surface area contributed by atoms with Gasteiger partial charge in [-0.1, -0.05) is 0 Å². The molecule has 2 N–H and O–H groups in total. The minimum absolute atomic E-state index is 0. The van der Waals surface area contributed by atoms with Gasteiger partial charge in [0.1, 0.15) is 0 Å². The number of carbonyl (C=O) groups is 1. The van der Waals surface area contributed by atoms with Crippen molar-refractivity contribution in [3.8, 4) is 0 Å². The lowest BCUT2D eigenvalue weighted by atomic mass is 9.79. The zero-order valence-corrected chi connectivity index (χ0v) is 18.1. The lowest BCUT2D eigenvalue weighted by Gasteiger charge is -2.40. The Hall–Kier alpha value is -1.38. The zero-order chi connectivity index (χ0) is 17.7. The number of hydrogen-bond donors (Lipinski definition) is 2. The Kier molecular flexibility index (Phi) is 7.67. The number of amides is 1. The monoisotopic (exact) mass is 471 g/mol. The first-order valence-corrected chi connectivity index (χ1v) is 9.31. The number of carbonyl (C=O) groups excluding carboxylic acids is 1. The smallest absolute Gasteiger partial charge is 0.220 e. The summed E-state index contributed by atoms with van der Waals surface area (Å²) < 4.78 is 0. The van der Waals surface area contributed by atoms with Gasteiger partial charge in [0.15, 0.2) is 5.96 Å². The number of aliphatic imine (C=N–C) groups is 1. The highest BCUT2D eigenvalue weighted by molar-refractivity contribution is 14.0. The number of guanidine groups is 1. The van der Waals surface area contributed by atoms with Gasteiger partial charge < -0.3 is 15.5 Å². The molecule has 144 valence electrons. The van der Waals surface area contributed by atoms with Crippen LogP contribution < -0.4 is 10.6 Å². The van der Waals surface area contributed by atoms with E-state index in [-0.39, 0.29) is 35.3 Å². The van der Waals surface area contributed by atoms with Crippen LogP contribution in [0, 0.1) is 12.3 Å². The third-order valence-electron chi connectivity index (χ3n) is 5.27. The van der Waals surface area contributed by atoms with Crippen LogP contribution in [-0.4, -0.2) is 54.5 Å². The number of likely N-dealkylation sites (tertiary alicyclic amines) is 1. The molecule has 0 radical (unpaired) electrons. The van der Waals surface area contributed by atoms with Crippen LogP contribution in [0.5, 0.6) is 0 Å². The van der Waals surface area contributed by atoms with Crippen molar-refractivity contribution in [2.45, 2.75) is 39.5 Å². The van der Waals surface area contributed by atoms with E-state index < -0.39 is 0 Å². The van der Waals surface area contributed by atoms with E-state index >= 15 is 0 Å². The second-order valence-corrected chi connectivity index (χ2v) is 7.27. The molecule has 1 amide bonds. The number of halogens is 1. The predicted octanol–water partition coefficient (Wildman–Crippen LogP) is 2.12. The highest BCUT2D eigenvalue weighted by Crippen LogP contribution is 2.35. The molecule has 6 nitrogen and oxygen atoms in total. The number of aryl methyl sites for hydroxylation is 1. The fraction of sp³-hybridized carbons (Fsp3) is 0.632. The average molecular weight is 471 g/mol. The Morgan fingerprint density at radius 2 is 2.35 bits per heavy atom. The Balaban J connectivity index is 0.00000243. The van der Waals surface area contributed by atoms with Crippen molar-refractivity contribution in [3.63, 3.8) is 0 Å². The highest BCUT2D eigenvalue weighted by atomic mass is 127. The number of nitrogens with zero attached hydrogens (tertiary/aromatic N) is 3. The molecule has 7 heteroatoms.